The SMILES string of the molecule is C#C[C@@H]1C[C@@H](CCC)CN1C. The Morgan fingerprint density at radius 1 is 1.64 bits per heavy atom. The van der Waals surface area contributed by atoms with E-state index < -0.39 is 0 Å². The lowest BCUT2D eigenvalue weighted by Gasteiger charge is -2.11. The van der Waals surface area contributed by atoms with Gasteiger partial charge in [-0.1, -0.05) is 19.3 Å². The maximum Gasteiger partial charge on any atom is 0.0712 e. The molecule has 1 nitrogen and oxygen atoms in total. The average molecular weight is 151 g/mol. The summed E-state index contributed by atoms with van der Waals surface area (Å²) in [5, 5.41) is 0. The van der Waals surface area contributed by atoms with Crippen molar-refractivity contribution in [1.82, 2.24) is 4.90 Å². The zero-order valence-electron chi connectivity index (χ0n) is 7.51. The summed E-state index contributed by atoms with van der Waals surface area (Å²) >= 11 is 0. The Bertz CT molecular complexity index is 157. The molecular weight excluding hydrogens is 134 g/mol. The highest BCUT2D eigenvalue weighted by molar-refractivity contribution is 5.03. The van der Waals surface area contributed by atoms with E-state index in [1.807, 2.05) is 0 Å². The Morgan fingerprint density at radius 3 is 2.82 bits per heavy atom. The van der Waals surface area contributed by atoms with Gasteiger partial charge in [-0.2, -0.15) is 0 Å². The van der Waals surface area contributed by atoms with E-state index in [-0.39, 0.29) is 0 Å². The van der Waals surface area contributed by atoms with Crippen molar-refractivity contribution in [2.24, 2.45) is 5.92 Å². The van der Waals surface area contributed by atoms with Crippen LogP contribution in [0, 0.1) is 18.3 Å². The Morgan fingerprint density at radius 2 is 2.36 bits per heavy atom. The van der Waals surface area contributed by atoms with Crippen LogP contribution in [-0.4, -0.2) is 24.5 Å². The molecule has 0 radical (unpaired) electrons. The highest BCUT2D eigenvalue weighted by atomic mass is 15.1. The first-order chi connectivity index (χ1) is 5.27. The van der Waals surface area contributed by atoms with Gasteiger partial charge in [0.2, 0.25) is 0 Å². The Kier molecular flexibility index (Phi) is 2.96. The molecule has 0 N–H and O–H groups in total. The van der Waals surface area contributed by atoms with Crippen molar-refractivity contribution in [3.05, 3.63) is 0 Å². The van der Waals surface area contributed by atoms with Crippen LogP contribution in [0.5, 0.6) is 0 Å². The maximum atomic E-state index is 5.39. The number of terminal acetylenes is 1. The summed E-state index contributed by atoms with van der Waals surface area (Å²) in [6.07, 6.45) is 9.22. The van der Waals surface area contributed by atoms with Gasteiger partial charge in [0.15, 0.2) is 0 Å². The summed E-state index contributed by atoms with van der Waals surface area (Å²) < 4.78 is 0. The van der Waals surface area contributed by atoms with E-state index in [4.69, 9.17) is 6.42 Å². The van der Waals surface area contributed by atoms with Gasteiger partial charge in [0.25, 0.3) is 0 Å². The summed E-state index contributed by atoms with van der Waals surface area (Å²) in [5.41, 5.74) is 0. The smallest absolute Gasteiger partial charge is 0.0712 e. The predicted molar refractivity (Wildman–Crippen MR) is 48.3 cm³/mol. The van der Waals surface area contributed by atoms with Crippen LogP contribution >= 0.6 is 0 Å². The quantitative estimate of drug-likeness (QED) is 0.543. The molecule has 2 atom stereocenters. The molecule has 1 fully saturated rings. The molecule has 1 saturated heterocycles. The number of hydrogen-bond donors (Lipinski definition) is 0. The zero-order chi connectivity index (χ0) is 8.27. The molecule has 0 aromatic rings. The molecular formula is C10H17N. The van der Waals surface area contributed by atoms with Crippen LogP contribution in [0.4, 0.5) is 0 Å². The van der Waals surface area contributed by atoms with Crippen molar-refractivity contribution < 1.29 is 0 Å². The van der Waals surface area contributed by atoms with Crippen LogP contribution in [0.3, 0.4) is 0 Å². The summed E-state index contributed by atoms with van der Waals surface area (Å²) in [7, 11) is 2.13. The lowest BCUT2D eigenvalue weighted by molar-refractivity contribution is 0.352. The van der Waals surface area contributed by atoms with Crippen LogP contribution in [0.1, 0.15) is 26.2 Å². The molecule has 0 unspecified atom stereocenters. The molecule has 0 spiro atoms. The first-order valence-electron chi connectivity index (χ1n) is 4.44. The number of rotatable bonds is 2. The van der Waals surface area contributed by atoms with Crippen molar-refractivity contribution in [3.63, 3.8) is 0 Å². The first kappa shape index (κ1) is 8.62. The minimum Gasteiger partial charge on any atom is -0.293 e. The fourth-order valence-electron chi connectivity index (χ4n) is 1.92. The molecule has 0 aliphatic carbocycles. The molecule has 0 bridgehead atoms. The fourth-order valence-corrected chi connectivity index (χ4v) is 1.92. The molecule has 1 aliphatic heterocycles. The topological polar surface area (TPSA) is 3.24 Å². The molecule has 11 heavy (non-hydrogen) atoms. The predicted octanol–water partition coefficient (Wildman–Crippen LogP) is 1.74. The van der Waals surface area contributed by atoms with E-state index in [1.165, 1.54) is 25.8 Å². The summed E-state index contributed by atoms with van der Waals surface area (Å²) in [4.78, 5) is 2.29. The van der Waals surface area contributed by atoms with Crippen molar-refractivity contribution in [1.29, 1.82) is 0 Å². The Balaban J connectivity index is 2.38. The maximum absolute atomic E-state index is 5.39. The number of hydrogen-bond acceptors (Lipinski definition) is 1. The summed E-state index contributed by atoms with van der Waals surface area (Å²) in [6, 6.07) is 0.409. The van der Waals surface area contributed by atoms with Gasteiger partial charge in [-0.3, -0.25) is 4.90 Å². The molecule has 0 aromatic carbocycles. The van der Waals surface area contributed by atoms with Crippen molar-refractivity contribution in [2.45, 2.75) is 32.2 Å². The summed E-state index contributed by atoms with van der Waals surface area (Å²) in [5.74, 6) is 3.68. The Hall–Kier alpha value is -0.480. The second-order valence-electron chi connectivity index (χ2n) is 3.51. The standard InChI is InChI=1S/C10H17N/c1-4-6-9-7-10(5-2)11(3)8-9/h2,9-10H,4,6-8H2,1,3H3/t9-,10-/m1/s1. The molecule has 0 saturated carbocycles. The molecule has 0 aromatic heterocycles. The average Bonchev–Trinajstić information content (AvgIpc) is 2.32. The minimum absolute atomic E-state index is 0.409. The van der Waals surface area contributed by atoms with Crippen LogP contribution in [-0.2, 0) is 0 Å². The van der Waals surface area contributed by atoms with Gasteiger partial charge in [0, 0.05) is 6.54 Å². The lowest BCUT2D eigenvalue weighted by atomic mass is 10.0. The highest BCUT2D eigenvalue weighted by Crippen LogP contribution is 2.24. The normalized spacial score (nSPS) is 32.1. The fraction of sp³-hybridized carbons (Fsp3) is 0.800. The highest BCUT2D eigenvalue weighted by Gasteiger charge is 2.26. The Labute approximate surface area is 69.8 Å². The van der Waals surface area contributed by atoms with E-state index in [0.717, 1.165) is 5.92 Å². The largest absolute Gasteiger partial charge is 0.293 e. The third kappa shape index (κ3) is 1.97. The van der Waals surface area contributed by atoms with Gasteiger partial charge in [-0.05, 0) is 25.8 Å². The van der Waals surface area contributed by atoms with Crippen LogP contribution < -0.4 is 0 Å². The van der Waals surface area contributed by atoms with Gasteiger partial charge in [0.05, 0.1) is 6.04 Å². The van der Waals surface area contributed by atoms with E-state index in [1.54, 1.807) is 0 Å². The van der Waals surface area contributed by atoms with Gasteiger partial charge in [-0.25, -0.2) is 0 Å². The minimum atomic E-state index is 0.409. The number of nitrogens with zero attached hydrogens (tertiary/aromatic N) is 1. The summed E-state index contributed by atoms with van der Waals surface area (Å²) in [6.45, 7) is 3.44. The first-order valence-corrected chi connectivity index (χ1v) is 4.44. The van der Waals surface area contributed by atoms with Gasteiger partial charge >= 0.3 is 0 Å². The van der Waals surface area contributed by atoms with Gasteiger partial charge in [-0.15, -0.1) is 6.42 Å². The molecule has 1 aliphatic rings. The van der Waals surface area contributed by atoms with Crippen LogP contribution in [0.2, 0.25) is 0 Å². The van der Waals surface area contributed by atoms with Gasteiger partial charge < -0.3 is 0 Å². The molecule has 0 amide bonds. The molecule has 1 rings (SSSR count). The van der Waals surface area contributed by atoms with E-state index >= 15 is 0 Å². The molecule has 1 heteroatoms. The third-order valence-electron chi connectivity index (χ3n) is 2.52. The van der Waals surface area contributed by atoms with Crippen LogP contribution in [0.25, 0.3) is 0 Å². The second kappa shape index (κ2) is 3.78. The monoisotopic (exact) mass is 151 g/mol. The number of likely N-dealkylation sites (tertiary alicyclic amines) is 1. The third-order valence-corrected chi connectivity index (χ3v) is 2.52. The van der Waals surface area contributed by atoms with Crippen molar-refractivity contribution in [3.8, 4) is 12.3 Å². The van der Waals surface area contributed by atoms with E-state index in [0.29, 0.717) is 6.04 Å². The molecule has 1 heterocycles. The lowest BCUT2D eigenvalue weighted by Crippen LogP contribution is -2.22. The van der Waals surface area contributed by atoms with Gasteiger partial charge in [0.1, 0.15) is 0 Å². The van der Waals surface area contributed by atoms with E-state index in [2.05, 4.69) is 24.8 Å². The van der Waals surface area contributed by atoms with Crippen LogP contribution in [0.15, 0.2) is 0 Å². The van der Waals surface area contributed by atoms with E-state index in [9.17, 15) is 0 Å². The zero-order valence-corrected chi connectivity index (χ0v) is 7.51. The second-order valence-corrected chi connectivity index (χ2v) is 3.51. The van der Waals surface area contributed by atoms with Crippen molar-refractivity contribution in [2.75, 3.05) is 13.6 Å². The molecule has 62 valence electrons. The van der Waals surface area contributed by atoms with Crippen molar-refractivity contribution >= 4 is 0 Å².